The molecule has 1 aromatic carbocycles. The number of nitrogens with one attached hydrogen (secondary N) is 1. The highest BCUT2D eigenvalue weighted by molar-refractivity contribution is 6.09. The van der Waals surface area contributed by atoms with Gasteiger partial charge in [0.25, 0.3) is 5.91 Å². The summed E-state index contributed by atoms with van der Waals surface area (Å²) in [5.74, 6) is 2.03. The number of hydrazine groups is 1. The van der Waals surface area contributed by atoms with Gasteiger partial charge in [-0.1, -0.05) is 38.5 Å². The molecule has 1 amide bonds. The zero-order valence-corrected chi connectivity index (χ0v) is 15.3. The second-order valence-electron chi connectivity index (χ2n) is 6.46. The minimum Gasteiger partial charge on any atom is -0.506 e. The Labute approximate surface area is 158 Å². The van der Waals surface area contributed by atoms with E-state index in [-0.39, 0.29) is 29.9 Å². The number of hydrogen-bond acceptors (Lipinski definition) is 7. The number of hydrogen-bond donors (Lipinski definition) is 3. The van der Waals surface area contributed by atoms with Crippen LogP contribution < -0.4 is 11.3 Å². The number of nitrogens with two attached hydrogens (primary N) is 1. The lowest BCUT2D eigenvalue weighted by atomic mass is 10.0. The van der Waals surface area contributed by atoms with Crippen LogP contribution in [0.3, 0.4) is 0 Å². The molecule has 0 aromatic heterocycles. The molecule has 0 saturated carbocycles. The number of benzene rings is 1. The Kier molecular flexibility index (Phi) is 8.06. The molecule has 8 nitrogen and oxygen atoms in total. The van der Waals surface area contributed by atoms with Gasteiger partial charge in [0, 0.05) is 0 Å². The van der Waals surface area contributed by atoms with Gasteiger partial charge in [-0.05, 0) is 25.0 Å². The van der Waals surface area contributed by atoms with E-state index in [2.05, 4.69) is 0 Å². The van der Waals surface area contributed by atoms with Gasteiger partial charge in [-0.25, -0.2) is 15.4 Å². The first-order valence-corrected chi connectivity index (χ1v) is 9.27. The molecule has 4 N–H and O–H groups in total. The van der Waals surface area contributed by atoms with Gasteiger partial charge in [-0.2, -0.15) is 0 Å². The lowest BCUT2D eigenvalue weighted by molar-refractivity contribution is 0.0446. The first-order valence-electron chi connectivity index (χ1n) is 9.27. The summed E-state index contributed by atoms with van der Waals surface area (Å²) in [6.45, 7) is 0.388. The monoisotopic (exact) mass is 378 g/mol. The van der Waals surface area contributed by atoms with Gasteiger partial charge in [0.15, 0.2) is 0 Å². The SMILES string of the molecule is NNC(=O)c1ccc2c(c1O)C(=O)OCCCCCCCCCCOC2=O. The third kappa shape index (κ3) is 5.68. The maximum absolute atomic E-state index is 12.5. The van der Waals surface area contributed by atoms with Gasteiger partial charge in [0.05, 0.1) is 24.3 Å². The molecule has 1 aromatic rings. The van der Waals surface area contributed by atoms with Crippen LogP contribution in [0.15, 0.2) is 12.1 Å². The van der Waals surface area contributed by atoms with E-state index in [9.17, 15) is 19.5 Å². The minimum atomic E-state index is -0.877. The molecule has 2 rings (SSSR count). The van der Waals surface area contributed by atoms with Crippen LogP contribution >= 0.6 is 0 Å². The number of phenolic OH excluding ortho intramolecular Hbond substituents is 1. The van der Waals surface area contributed by atoms with Gasteiger partial charge >= 0.3 is 11.9 Å². The van der Waals surface area contributed by atoms with Crippen molar-refractivity contribution in [3.05, 3.63) is 28.8 Å². The number of carbonyl (C=O) groups is 3. The van der Waals surface area contributed by atoms with Crippen LogP contribution in [-0.4, -0.2) is 36.2 Å². The Morgan fingerprint density at radius 3 is 1.96 bits per heavy atom. The molecule has 0 radical (unpaired) electrons. The third-order valence-electron chi connectivity index (χ3n) is 4.48. The van der Waals surface area contributed by atoms with Crippen molar-refractivity contribution in [2.24, 2.45) is 5.84 Å². The molecule has 0 bridgehead atoms. The average Bonchev–Trinajstić information content (AvgIpc) is 2.66. The van der Waals surface area contributed by atoms with Gasteiger partial charge in [-0.15, -0.1) is 0 Å². The molecule has 148 valence electrons. The molecule has 0 saturated heterocycles. The molecule has 8 heteroatoms. The van der Waals surface area contributed by atoms with E-state index >= 15 is 0 Å². The summed E-state index contributed by atoms with van der Waals surface area (Å²) in [7, 11) is 0. The Morgan fingerprint density at radius 1 is 0.889 bits per heavy atom. The number of ether oxygens (including phenoxy) is 2. The van der Waals surface area contributed by atoms with Crippen molar-refractivity contribution in [3.8, 4) is 5.75 Å². The Morgan fingerprint density at radius 2 is 1.41 bits per heavy atom. The normalized spacial score (nSPS) is 17.4. The molecule has 1 aliphatic heterocycles. The predicted octanol–water partition coefficient (Wildman–Crippen LogP) is 2.44. The number of phenols is 1. The number of rotatable bonds is 1. The van der Waals surface area contributed by atoms with Crippen molar-refractivity contribution in [2.45, 2.75) is 51.4 Å². The van der Waals surface area contributed by atoms with E-state index in [1.807, 2.05) is 5.43 Å². The Bertz CT molecular complexity index is 689. The maximum atomic E-state index is 12.5. The fraction of sp³-hybridized carbons (Fsp3) is 0.526. The van der Waals surface area contributed by atoms with Crippen molar-refractivity contribution < 1.29 is 29.0 Å². The van der Waals surface area contributed by atoms with Crippen molar-refractivity contribution in [1.29, 1.82) is 0 Å². The van der Waals surface area contributed by atoms with Crippen LogP contribution in [0.5, 0.6) is 5.75 Å². The van der Waals surface area contributed by atoms with E-state index in [0.717, 1.165) is 44.9 Å². The number of amides is 1. The highest BCUT2D eigenvalue weighted by Crippen LogP contribution is 2.28. The average molecular weight is 378 g/mol. The van der Waals surface area contributed by atoms with Crippen LogP contribution in [0.1, 0.15) is 82.4 Å². The summed E-state index contributed by atoms with van der Waals surface area (Å²) in [6, 6.07) is 2.47. The van der Waals surface area contributed by atoms with Gasteiger partial charge < -0.3 is 14.6 Å². The van der Waals surface area contributed by atoms with Crippen molar-refractivity contribution in [2.75, 3.05) is 13.2 Å². The van der Waals surface area contributed by atoms with Gasteiger partial charge in [0.2, 0.25) is 0 Å². The molecule has 0 fully saturated rings. The number of aromatic hydroxyl groups is 1. The Hall–Kier alpha value is -2.61. The summed E-state index contributed by atoms with van der Waals surface area (Å²) in [4.78, 5) is 36.6. The maximum Gasteiger partial charge on any atom is 0.342 e. The first-order chi connectivity index (χ1) is 13.1. The molecular formula is C19H26N2O6. The number of esters is 2. The largest absolute Gasteiger partial charge is 0.506 e. The molecular weight excluding hydrogens is 352 g/mol. The highest BCUT2D eigenvalue weighted by Gasteiger charge is 2.27. The van der Waals surface area contributed by atoms with Crippen molar-refractivity contribution in [3.63, 3.8) is 0 Å². The fourth-order valence-electron chi connectivity index (χ4n) is 2.97. The first kappa shape index (κ1) is 20.7. The summed E-state index contributed by atoms with van der Waals surface area (Å²) in [5.41, 5.74) is 1.14. The number of fused-ring (bicyclic) bond motifs is 1. The van der Waals surface area contributed by atoms with Gasteiger partial charge in [0.1, 0.15) is 11.3 Å². The van der Waals surface area contributed by atoms with Crippen LogP contribution in [0.2, 0.25) is 0 Å². The van der Waals surface area contributed by atoms with E-state index in [1.165, 1.54) is 12.1 Å². The van der Waals surface area contributed by atoms with E-state index in [0.29, 0.717) is 6.42 Å². The fourth-order valence-corrected chi connectivity index (χ4v) is 2.97. The van der Waals surface area contributed by atoms with Gasteiger partial charge in [-0.3, -0.25) is 10.2 Å². The molecule has 0 unspecified atom stereocenters. The minimum absolute atomic E-state index is 0.141. The quantitative estimate of drug-likeness (QED) is 0.296. The van der Waals surface area contributed by atoms with Crippen molar-refractivity contribution in [1.82, 2.24) is 5.43 Å². The lowest BCUT2D eigenvalue weighted by Crippen LogP contribution is -2.30. The number of cyclic esters (lactones) is 2. The third-order valence-corrected chi connectivity index (χ3v) is 4.48. The van der Waals surface area contributed by atoms with E-state index in [4.69, 9.17) is 15.3 Å². The second kappa shape index (κ2) is 10.5. The highest BCUT2D eigenvalue weighted by atomic mass is 16.5. The lowest BCUT2D eigenvalue weighted by Gasteiger charge is -2.14. The van der Waals surface area contributed by atoms with E-state index in [1.54, 1.807) is 0 Å². The van der Waals surface area contributed by atoms with Crippen LogP contribution in [0.4, 0.5) is 0 Å². The molecule has 1 heterocycles. The zero-order valence-electron chi connectivity index (χ0n) is 15.3. The summed E-state index contributed by atoms with van der Waals surface area (Å²) < 4.78 is 10.4. The molecule has 0 spiro atoms. The second-order valence-corrected chi connectivity index (χ2v) is 6.46. The number of carbonyl (C=O) groups excluding carboxylic acids is 3. The predicted molar refractivity (Wildman–Crippen MR) is 97.3 cm³/mol. The summed E-state index contributed by atoms with van der Waals surface area (Å²) in [5, 5.41) is 10.4. The smallest absolute Gasteiger partial charge is 0.342 e. The summed E-state index contributed by atoms with van der Waals surface area (Å²) in [6.07, 6.45) is 7.72. The summed E-state index contributed by atoms with van der Waals surface area (Å²) >= 11 is 0. The Balaban J connectivity index is 2.31. The number of nitrogen functional groups attached to an aromatic ring is 1. The van der Waals surface area contributed by atoms with Crippen molar-refractivity contribution >= 4 is 17.8 Å². The molecule has 0 aliphatic carbocycles. The van der Waals surface area contributed by atoms with E-state index < -0.39 is 23.6 Å². The zero-order chi connectivity index (χ0) is 19.6. The van der Waals surface area contributed by atoms with Crippen LogP contribution in [0, 0.1) is 0 Å². The molecule has 27 heavy (non-hydrogen) atoms. The standard InChI is InChI=1S/C19H26N2O6/c20-21-17(23)14-10-9-13-15(16(14)22)19(25)27-12-8-6-4-2-1-3-5-7-11-26-18(13)24/h9-10,22H,1-8,11-12,20H2,(H,21,23). The molecule has 1 aliphatic rings. The topological polar surface area (TPSA) is 128 Å². The van der Waals surface area contributed by atoms with Crippen LogP contribution in [0.25, 0.3) is 0 Å². The molecule has 0 atom stereocenters. The van der Waals surface area contributed by atoms with Crippen LogP contribution in [-0.2, 0) is 9.47 Å².